The van der Waals surface area contributed by atoms with Crippen molar-refractivity contribution in [3.05, 3.63) is 58.1 Å². The molecule has 0 heterocycles. The average Bonchev–Trinajstić information content (AvgIpc) is 2.47. The molecule has 0 aliphatic rings. The van der Waals surface area contributed by atoms with Gasteiger partial charge in [-0.1, -0.05) is 18.2 Å². The second-order valence-corrected chi connectivity index (χ2v) is 4.52. The Hall–Kier alpha value is -2.60. The van der Waals surface area contributed by atoms with Gasteiger partial charge >= 0.3 is 5.69 Å². The standard InChI is InChI=1S/C15H16N2O4/c1-10(16)12-5-3-4-6-14(12)21-15-9-11(20-2)7-8-13(15)17(18)19/h3-10H,16H2,1-2H3/t10-/m1/s1. The Balaban J connectivity index is 2.45. The SMILES string of the molecule is COc1ccc([N+](=O)[O-])c(Oc2ccccc2[C@@H](C)N)c1. The van der Waals surface area contributed by atoms with Gasteiger partial charge in [-0.3, -0.25) is 10.1 Å². The maximum atomic E-state index is 11.1. The number of nitro benzene ring substituents is 1. The van der Waals surface area contributed by atoms with E-state index in [1.165, 1.54) is 25.3 Å². The van der Waals surface area contributed by atoms with Crippen LogP contribution in [0.4, 0.5) is 5.69 Å². The van der Waals surface area contributed by atoms with Crippen LogP contribution in [0.2, 0.25) is 0 Å². The number of nitrogens with two attached hydrogens (primary N) is 1. The monoisotopic (exact) mass is 288 g/mol. The van der Waals surface area contributed by atoms with E-state index in [2.05, 4.69) is 0 Å². The molecule has 2 rings (SSSR count). The summed E-state index contributed by atoms with van der Waals surface area (Å²) < 4.78 is 10.8. The van der Waals surface area contributed by atoms with Crippen molar-refractivity contribution in [2.45, 2.75) is 13.0 Å². The summed E-state index contributed by atoms with van der Waals surface area (Å²) in [5, 5.41) is 11.1. The normalized spacial score (nSPS) is 11.8. The highest BCUT2D eigenvalue weighted by molar-refractivity contribution is 5.53. The van der Waals surface area contributed by atoms with Crippen LogP contribution in [0.3, 0.4) is 0 Å². The van der Waals surface area contributed by atoms with Crippen molar-refractivity contribution in [1.29, 1.82) is 0 Å². The lowest BCUT2D eigenvalue weighted by molar-refractivity contribution is -0.385. The van der Waals surface area contributed by atoms with Crippen LogP contribution >= 0.6 is 0 Å². The molecule has 2 N–H and O–H groups in total. The first-order valence-electron chi connectivity index (χ1n) is 6.37. The molecule has 0 aliphatic carbocycles. The van der Waals surface area contributed by atoms with Crippen molar-refractivity contribution in [2.24, 2.45) is 5.73 Å². The lowest BCUT2D eigenvalue weighted by Crippen LogP contribution is -2.06. The predicted octanol–water partition coefficient (Wildman–Crippen LogP) is 3.42. The molecule has 110 valence electrons. The fraction of sp³-hybridized carbons (Fsp3) is 0.200. The van der Waals surface area contributed by atoms with E-state index in [1.807, 2.05) is 19.1 Å². The number of ether oxygens (including phenoxy) is 2. The summed E-state index contributed by atoms with van der Waals surface area (Å²) in [5.41, 5.74) is 6.53. The van der Waals surface area contributed by atoms with Gasteiger partial charge in [0.05, 0.1) is 12.0 Å². The number of hydrogen-bond donors (Lipinski definition) is 1. The van der Waals surface area contributed by atoms with E-state index in [0.29, 0.717) is 11.5 Å². The largest absolute Gasteiger partial charge is 0.497 e. The number of nitro groups is 1. The second-order valence-electron chi connectivity index (χ2n) is 4.52. The maximum absolute atomic E-state index is 11.1. The third-order valence-electron chi connectivity index (χ3n) is 2.99. The van der Waals surface area contributed by atoms with Crippen LogP contribution in [-0.4, -0.2) is 12.0 Å². The maximum Gasteiger partial charge on any atom is 0.311 e. The highest BCUT2D eigenvalue weighted by atomic mass is 16.6. The van der Waals surface area contributed by atoms with E-state index in [1.54, 1.807) is 12.1 Å². The lowest BCUT2D eigenvalue weighted by atomic mass is 10.1. The second kappa shape index (κ2) is 6.23. The molecule has 0 unspecified atom stereocenters. The third kappa shape index (κ3) is 3.29. The van der Waals surface area contributed by atoms with Gasteiger partial charge in [-0.2, -0.15) is 0 Å². The molecule has 2 aromatic carbocycles. The molecule has 0 aliphatic heterocycles. The van der Waals surface area contributed by atoms with Gasteiger partial charge in [0, 0.05) is 23.7 Å². The highest BCUT2D eigenvalue weighted by Gasteiger charge is 2.18. The van der Waals surface area contributed by atoms with E-state index < -0.39 is 4.92 Å². The molecule has 0 aromatic heterocycles. The van der Waals surface area contributed by atoms with Crippen molar-refractivity contribution < 1.29 is 14.4 Å². The average molecular weight is 288 g/mol. The Morgan fingerprint density at radius 3 is 2.52 bits per heavy atom. The van der Waals surface area contributed by atoms with Gasteiger partial charge in [0.1, 0.15) is 11.5 Å². The molecule has 2 aromatic rings. The van der Waals surface area contributed by atoms with E-state index >= 15 is 0 Å². The third-order valence-corrected chi connectivity index (χ3v) is 2.99. The van der Waals surface area contributed by atoms with Crippen LogP contribution < -0.4 is 15.2 Å². The molecule has 1 atom stereocenters. The molecule has 6 nitrogen and oxygen atoms in total. The molecule has 0 spiro atoms. The van der Waals surface area contributed by atoms with E-state index in [0.717, 1.165) is 5.56 Å². The summed E-state index contributed by atoms with van der Waals surface area (Å²) in [6.07, 6.45) is 0. The van der Waals surface area contributed by atoms with Crippen LogP contribution in [0.25, 0.3) is 0 Å². The number of para-hydroxylation sites is 1. The molecular formula is C15H16N2O4. The number of rotatable bonds is 5. The Bertz CT molecular complexity index is 656. The quantitative estimate of drug-likeness (QED) is 0.672. The number of methoxy groups -OCH3 is 1. The van der Waals surface area contributed by atoms with Gasteiger partial charge < -0.3 is 15.2 Å². The topological polar surface area (TPSA) is 87.6 Å². The molecule has 21 heavy (non-hydrogen) atoms. The Kier molecular flexibility index (Phi) is 4.39. The number of nitrogens with zero attached hydrogens (tertiary/aromatic N) is 1. The van der Waals surface area contributed by atoms with Crippen LogP contribution in [0.5, 0.6) is 17.2 Å². The fourth-order valence-electron chi connectivity index (χ4n) is 1.92. The highest BCUT2D eigenvalue weighted by Crippen LogP contribution is 2.36. The molecular weight excluding hydrogens is 272 g/mol. The fourth-order valence-corrected chi connectivity index (χ4v) is 1.92. The minimum atomic E-state index is -0.497. The molecule has 0 saturated heterocycles. The van der Waals surface area contributed by atoms with Gasteiger partial charge in [-0.15, -0.1) is 0 Å². The van der Waals surface area contributed by atoms with Crippen molar-refractivity contribution >= 4 is 5.69 Å². The zero-order chi connectivity index (χ0) is 15.4. The molecule has 6 heteroatoms. The first kappa shape index (κ1) is 14.8. The Morgan fingerprint density at radius 2 is 1.90 bits per heavy atom. The van der Waals surface area contributed by atoms with Gasteiger partial charge in [0.2, 0.25) is 5.75 Å². The van der Waals surface area contributed by atoms with Crippen molar-refractivity contribution in [1.82, 2.24) is 0 Å². The minimum absolute atomic E-state index is 0.118. The summed E-state index contributed by atoms with van der Waals surface area (Å²) in [7, 11) is 1.49. The van der Waals surface area contributed by atoms with Crippen LogP contribution in [0.15, 0.2) is 42.5 Å². The zero-order valence-electron chi connectivity index (χ0n) is 11.8. The van der Waals surface area contributed by atoms with E-state index in [4.69, 9.17) is 15.2 Å². The van der Waals surface area contributed by atoms with Crippen LogP contribution in [-0.2, 0) is 0 Å². The molecule has 0 fully saturated rings. The van der Waals surface area contributed by atoms with Crippen molar-refractivity contribution in [3.8, 4) is 17.2 Å². The molecule has 0 saturated carbocycles. The number of benzene rings is 2. The van der Waals surface area contributed by atoms with Crippen molar-refractivity contribution in [3.63, 3.8) is 0 Å². The van der Waals surface area contributed by atoms with E-state index in [9.17, 15) is 10.1 Å². The Labute approximate surface area is 122 Å². The smallest absolute Gasteiger partial charge is 0.311 e. The van der Waals surface area contributed by atoms with E-state index in [-0.39, 0.29) is 17.5 Å². The van der Waals surface area contributed by atoms with Gasteiger partial charge in [-0.25, -0.2) is 0 Å². The van der Waals surface area contributed by atoms with Gasteiger partial charge in [0.25, 0.3) is 0 Å². The summed E-state index contributed by atoms with van der Waals surface area (Å²) in [6, 6.07) is 11.3. The summed E-state index contributed by atoms with van der Waals surface area (Å²) in [4.78, 5) is 10.6. The lowest BCUT2D eigenvalue weighted by Gasteiger charge is -2.14. The summed E-state index contributed by atoms with van der Waals surface area (Å²) in [5.74, 6) is 1.09. The summed E-state index contributed by atoms with van der Waals surface area (Å²) >= 11 is 0. The summed E-state index contributed by atoms with van der Waals surface area (Å²) in [6.45, 7) is 1.82. The Morgan fingerprint density at radius 1 is 1.19 bits per heavy atom. The van der Waals surface area contributed by atoms with Crippen LogP contribution in [0, 0.1) is 10.1 Å². The zero-order valence-corrected chi connectivity index (χ0v) is 11.8. The van der Waals surface area contributed by atoms with Gasteiger partial charge in [-0.05, 0) is 19.1 Å². The molecule has 0 radical (unpaired) electrons. The van der Waals surface area contributed by atoms with Crippen molar-refractivity contribution in [2.75, 3.05) is 7.11 Å². The van der Waals surface area contributed by atoms with Gasteiger partial charge in [0.15, 0.2) is 0 Å². The number of hydrogen-bond acceptors (Lipinski definition) is 5. The first-order valence-corrected chi connectivity index (χ1v) is 6.37. The first-order chi connectivity index (χ1) is 10.0. The molecule has 0 bridgehead atoms. The minimum Gasteiger partial charge on any atom is -0.497 e. The predicted molar refractivity (Wildman–Crippen MR) is 78.8 cm³/mol. The molecule has 0 amide bonds. The van der Waals surface area contributed by atoms with Crippen LogP contribution in [0.1, 0.15) is 18.5 Å².